The van der Waals surface area contributed by atoms with Crippen LogP contribution >= 0.6 is 0 Å². The Morgan fingerprint density at radius 2 is 1.96 bits per heavy atom. The van der Waals surface area contributed by atoms with Gasteiger partial charge in [-0.3, -0.25) is 14.9 Å². The number of amides is 2. The molecule has 2 N–H and O–H groups in total. The van der Waals surface area contributed by atoms with Crippen molar-refractivity contribution < 1.29 is 9.59 Å². The number of rotatable bonds is 2. The molecule has 2 heterocycles. The minimum absolute atomic E-state index is 0.00524. The maximum absolute atomic E-state index is 12.2. The van der Waals surface area contributed by atoms with Gasteiger partial charge >= 0.3 is 0 Å². The van der Waals surface area contributed by atoms with Crippen LogP contribution in [0.1, 0.15) is 33.6 Å². The molecule has 1 atom stereocenters. The Balaban J connectivity index is 1.86. The predicted molar refractivity (Wildman–Crippen MR) is 91.7 cm³/mol. The van der Waals surface area contributed by atoms with Gasteiger partial charge in [0.1, 0.15) is 6.04 Å². The zero-order valence-corrected chi connectivity index (χ0v) is 14.1. The van der Waals surface area contributed by atoms with Gasteiger partial charge in [0, 0.05) is 24.7 Å². The van der Waals surface area contributed by atoms with Crippen molar-refractivity contribution in [2.45, 2.75) is 45.2 Å². The van der Waals surface area contributed by atoms with Gasteiger partial charge in [-0.1, -0.05) is 0 Å². The summed E-state index contributed by atoms with van der Waals surface area (Å²) in [5, 5.41) is 5.92. The van der Waals surface area contributed by atoms with Crippen molar-refractivity contribution in [2.24, 2.45) is 0 Å². The maximum atomic E-state index is 12.2. The van der Waals surface area contributed by atoms with Crippen LogP contribution in [0.3, 0.4) is 0 Å². The second-order valence-corrected chi connectivity index (χ2v) is 7.35. The molecule has 1 saturated heterocycles. The van der Waals surface area contributed by atoms with Crippen LogP contribution in [0.4, 0.5) is 17.1 Å². The molecule has 0 spiro atoms. The van der Waals surface area contributed by atoms with E-state index in [1.165, 1.54) is 0 Å². The van der Waals surface area contributed by atoms with E-state index >= 15 is 0 Å². The van der Waals surface area contributed by atoms with Crippen molar-refractivity contribution in [1.29, 1.82) is 0 Å². The van der Waals surface area contributed by atoms with Gasteiger partial charge in [0.25, 0.3) is 0 Å². The first kappa shape index (κ1) is 15.6. The van der Waals surface area contributed by atoms with E-state index < -0.39 is 0 Å². The number of anilines is 3. The van der Waals surface area contributed by atoms with Crippen molar-refractivity contribution >= 4 is 28.9 Å². The average Bonchev–Trinajstić information content (AvgIpc) is 2.74. The molecule has 3 rings (SSSR count). The fourth-order valence-corrected chi connectivity index (χ4v) is 3.21. The molecular weight excluding hydrogens is 292 g/mol. The minimum Gasteiger partial charge on any atom is -0.380 e. The summed E-state index contributed by atoms with van der Waals surface area (Å²) in [5.74, 6) is -0.372. The fraction of sp³-hybridized carbons (Fsp3) is 0.529. The van der Waals surface area contributed by atoms with E-state index in [0.29, 0.717) is 19.5 Å². The number of hydrogen-bond acceptors (Lipinski definition) is 5. The van der Waals surface area contributed by atoms with Crippen LogP contribution in [0.5, 0.6) is 0 Å². The van der Waals surface area contributed by atoms with Crippen LogP contribution in [0.2, 0.25) is 0 Å². The van der Waals surface area contributed by atoms with E-state index in [4.69, 9.17) is 0 Å². The molecule has 2 amide bonds. The molecule has 0 aromatic heterocycles. The lowest BCUT2D eigenvalue weighted by atomic mass is 10.0. The van der Waals surface area contributed by atoms with Gasteiger partial charge in [-0.15, -0.1) is 0 Å². The number of piperidine rings is 1. The number of hydrogen-bond donors (Lipinski definition) is 2. The first-order valence-electron chi connectivity index (χ1n) is 7.98. The molecule has 23 heavy (non-hydrogen) atoms. The zero-order chi connectivity index (χ0) is 16.8. The molecule has 1 fully saturated rings. The highest BCUT2D eigenvalue weighted by Crippen LogP contribution is 2.39. The molecule has 1 unspecified atom stereocenters. The Morgan fingerprint density at radius 3 is 2.61 bits per heavy atom. The molecule has 0 bridgehead atoms. The topological polar surface area (TPSA) is 64.7 Å². The lowest BCUT2D eigenvalue weighted by molar-refractivity contribution is -0.134. The summed E-state index contributed by atoms with van der Waals surface area (Å²) in [6, 6.07) is 5.93. The Bertz CT molecular complexity index is 650. The third-order valence-corrected chi connectivity index (χ3v) is 4.17. The molecule has 6 nitrogen and oxygen atoms in total. The van der Waals surface area contributed by atoms with Gasteiger partial charge in [0.2, 0.25) is 11.8 Å². The van der Waals surface area contributed by atoms with E-state index in [9.17, 15) is 9.59 Å². The second-order valence-electron chi connectivity index (χ2n) is 7.35. The van der Waals surface area contributed by atoms with Gasteiger partial charge in [-0.2, -0.15) is 0 Å². The third-order valence-electron chi connectivity index (χ3n) is 4.17. The van der Waals surface area contributed by atoms with Crippen LogP contribution in [-0.4, -0.2) is 37.1 Å². The summed E-state index contributed by atoms with van der Waals surface area (Å²) in [5.41, 5.74) is 3.20. The van der Waals surface area contributed by atoms with Crippen molar-refractivity contribution in [2.75, 3.05) is 28.8 Å². The summed E-state index contributed by atoms with van der Waals surface area (Å²) in [7, 11) is 2.02. The number of carbonyl (C=O) groups is 2. The fourth-order valence-electron chi connectivity index (χ4n) is 3.21. The van der Waals surface area contributed by atoms with Gasteiger partial charge in [-0.05, 0) is 45.4 Å². The summed E-state index contributed by atoms with van der Waals surface area (Å²) >= 11 is 0. The summed E-state index contributed by atoms with van der Waals surface area (Å²) < 4.78 is 0. The van der Waals surface area contributed by atoms with Gasteiger partial charge in [-0.25, -0.2) is 0 Å². The van der Waals surface area contributed by atoms with Crippen LogP contribution in [0.15, 0.2) is 18.2 Å². The van der Waals surface area contributed by atoms with Crippen LogP contribution in [0, 0.1) is 0 Å². The number of benzene rings is 1. The van der Waals surface area contributed by atoms with E-state index in [2.05, 4.69) is 53.3 Å². The average molecular weight is 316 g/mol. The number of carbonyl (C=O) groups excluding carboxylic acids is 2. The SMILES string of the molecule is CN1CN(C2CCC(=O)NC2=O)c2ccc(NC(C)(C)C)cc21. The molecule has 2 aliphatic rings. The Labute approximate surface area is 136 Å². The molecule has 0 aliphatic carbocycles. The molecule has 0 saturated carbocycles. The van der Waals surface area contributed by atoms with E-state index in [0.717, 1.165) is 17.1 Å². The molecule has 2 aliphatic heterocycles. The standard InChI is InChI=1S/C17H24N4O2/c1-17(2,3)19-11-5-6-12-14(9-11)20(4)10-21(12)13-7-8-15(22)18-16(13)23/h5-6,9,13,19H,7-8,10H2,1-4H3,(H,18,22,23). The smallest absolute Gasteiger partial charge is 0.249 e. The Hall–Kier alpha value is -2.24. The lowest BCUT2D eigenvalue weighted by Crippen LogP contribution is -2.53. The lowest BCUT2D eigenvalue weighted by Gasteiger charge is -2.31. The molecular formula is C17H24N4O2. The first-order valence-corrected chi connectivity index (χ1v) is 7.98. The highest BCUT2D eigenvalue weighted by atomic mass is 16.2. The van der Waals surface area contributed by atoms with Crippen LogP contribution in [0.25, 0.3) is 0 Å². The molecule has 1 aromatic rings. The van der Waals surface area contributed by atoms with Crippen molar-refractivity contribution in [3.8, 4) is 0 Å². The first-order chi connectivity index (χ1) is 10.7. The number of fused-ring (bicyclic) bond motifs is 1. The summed E-state index contributed by atoms with van der Waals surface area (Å²) in [4.78, 5) is 27.7. The predicted octanol–water partition coefficient (Wildman–Crippen LogP) is 1.92. The van der Waals surface area contributed by atoms with Gasteiger partial charge in [0.15, 0.2) is 0 Å². The van der Waals surface area contributed by atoms with Gasteiger partial charge in [0.05, 0.1) is 18.0 Å². The van der Waals surface area contributed by atoms with Crippen molar-refractivity contribution in [1.82, 2.24) is 5.32 Å². The monoisotopic (exact) mass is 316 g/mol. The highest BCUT2D eigenvalue weighted by Gasteiger charge is 2.36. The molecule has 124 valence electrons. The molecule has 1 aromatic carbocycles. The van der Waals surface area contributed by atoms with Gasteiger partial charge < -0.3 is 15.1 Å². The second kappa shape index (κ2) is 5.44. The van der Waals surface area contributed by atoms with E-state index in [1.54, 1.807) is 0 Å². The summed E-state index contributed by atoms with van der Waals surface area (Å²) in [6.07, 6.45) is 0.968. The normalized spacial score (nSPS) is 21.3. The zero-order valence-electron chi connectivity index (χ0n) is 14.1. The van der Waals surface area contributed by atoms with E-state index in [1.807, 2.05) is 13.1 Å². The highest BCUT2D eigenvalue weighted by molar-refractivity contribution is 6.02. The third kappa shape index (κ3) is 3.11. The number of imide groups is 1. The number of nitrogens with zero attached hydrogens (tertiary/aromatic N) is 2. The maximum Gasteiger partial charge on any atom is 0.249 e. The molecule has 0 radical (unpaired) electrons. The largest absolute Gasteiger partial charge is 0.380 e. The van der Waals surface area contributed by atoms with Crippen molar-refractivity contribution in [3.63, 3.8) is 0 Å². The van der Waals surface area contributed by atoms with Crippen LogP contribution in [-0.2, 0) is 9.59 Å². The Morgan fingerprint density at radius 1 is 1.22 bits per heavy atom. The summed E-state index contributed by atoms with van der Waals surface area (Å²) in [6.45, 7) is 7.03. The minimum atomic E-state index is -0.280. The van der Waals surface area contributed by atoms with Crippen LogP contribution < -0.4 is 20.4 Å². The van der Waals surface area contributed by atoms with E-state index in [-0.39, 0.29) is 23.4 Å². The Kier molecular flexibility index (Phi) is 3.70. The number of nitrogens with one attached hydrogen (secondary N) is 2. The quantitative estimate of drug-likeness (QED) is 0.816. The van der Waals surface area contributed by atoms with Crippen molar-refractivity contribution in [3.05, 3.63) is 18.2 Å². The molecule has 6 heteroatoms.